The van der Waals surface area contributed by atoms with E-state index < -0.39 is 0 Å². The van der Waals surface area contributed by atoms with Crippen molar-refractivity contribution in [3.05, 3.63) is 0 Å². The average molecular weight is 199 g/mol. The van der Waals surface area contributed by atoms with Gasteiger partial charge in [0.2, 0.25) is 0 Å². The van der Waals surface area contributed by atoms with E-state index in [1.165, 1.54) is 25.7 Å². The number of hydrogen-bond acceptors (Lipinski definition) is 2. The first kappa shape index (κ1) is 12.0. The Hall–Kier alpha value is -0.0800. The van der Waals surface area contributed by atoms with Crippen molar-refractivity contribution in [1.29, 1.82) is 0 Å². The third-order valence-corrected chi connectivity index (χ3v) is 3.49. The van der Waals surface area contributed by atoms with Crippen molar-refractivity contribution >= 4 is 0 Å². The minimum absolute atomic E-state index is 0.218. The molecule has 0 aromatic rings. The van der Waals surface area contributed by atoms with Crippen LogP contribution in [-0.2, 0) is 4.74 Å². The summed E-state index contributed by atoms with van der Waals surface area (Å²) in [5.41, 5.74) is 6.22. The van der Waals surface area contributed by atoms with Crippen molar-refractivity contribution in [3.63, 3.8) is 0 Å². The van der Waals surface area contributed by atoms with Crippen LogP contribution in [0.4, 0.5) is 0 Å². The van der Waals surface area contributed by atoms with Gasteiger partial charge in [-0.3, -0.25) is 0 Å². The van der Waals surface area contributed by atoms with Gasteiger partial charge in [-0.05, 0) is 38.5 Å². The van der Waals surface area contributed by atoms with Crippen LogP contribution in [0.5, 0.6) is 0 Å². The lowest BCUT2D eigenvalue weighted by Gasteiger charge is -2.34. The predicted octanol–water partition coefficient (Wildman–Crippen LogP) is 2.57. The van der Waals surface area contributed by atoms with Gasteiger partial charge in [0.15, 0.2) is 0 Å². The standard InChI is InChI=1S/C12H25NO/c1-4-14-10(3)12(13)11-7-5-6-9(2)8-11/h9-12H,4-8,13H2,1-3H3. The smallest absolute Gasteiger partial charge is 0.0700 e. The van der Waals surface area contributed by atoms with Crippen LogP contribution in [0.3, 0.4) is 0 Å². The molecule has 2 heteroatoms. The van der Waals surface area contributed by atoms with Gasteiger partial charge in [-0.25, -0.2) is 0 Å². The van der Waals surface area contributed by atoms with Gasteiger partial charge in [0.1, 0.15) is 0 Å². The van der Waals surface area contributed by atoms with Crippen LogP contribution in [0, 0.1) is 11.8 Å². The Morgan fingerprint density at radius 1 is 1.43 bits per heavy atom. The summed E-state index contributed by atoms with van der Waals surface area (Å²) in [6, 6.07) is 0.234. The van der Waals surface area contributed by atoms with Gasteiger partial charge < -0.3 is 10.5 Å². The quantitative estimate of drug-likeness (QED) is 0.755. The number of nitrogens with two attached hydrogens (primary N) is 1. The fourth-order valence-corrected chi connectivity index (χ4v) is 2.59. The summed E-state index contributed by atoms with van der Waals surface area (Å²) in [5, 5.41) is 0. The van der Waals surface area contributed by atoms with Crippen LogP contribution >= 0.6 is 0 Å². The molecule has 4 unspecified atom stereocenters. The maximum Gasteiger partial charge on any atom is 0.0700 e. The first-order valence-corrected chi connectivity index (χ1v) is 6.02. The van der Waals surface area contributed by atoms with E-state index in [1.54, 1.807) is 0 Å². The Labute approximate surface area is 88.2 Å². The maximum absolute atomic E-state index is 6.22. The molecular weight excluding hydrogens is 174 g/mol. The molecule has 1 saturated carbocycles. The molecule has 4 atom stereocenters. The topological polar surface area (TPSA) is 35.2 Å². The van der Waals surface area contributed by atoms with Crippen molar-refractivity contribution in [2.45, 2.75) is 58.6 Å². The van der Waals surface area contributed by atoms with E-state index in [0.717, 1.165) is 12.5 Å². The molecule has 0 heterocycles. The third-order valence-electron chi connectivity index (χ3n) is 3.49. The fraction of sp³-hybridized carbons (Fsp3) is 1.00. The van der Waals surface area contributed by atoms with Crippen LogP contribution in [0.2, 0.25) is 0 Å². The van der Waals surface area contributed by atoms with Crippen molar-refractivity contribution in [2.75, 3.05) is 6.61 Å². The molecule has 2 N–H and O–H groups in total. The van der Waals surface area contributed by atoms with Crippen molar-refractivity contribution in [2.24, 2.45) is 17.6 Å². The summed E-state index contributed by atoms with van der Waals surface area (Å²) in [6.45, 7) is 7.25. The Morgan fingerprint density at radius 3 is 2.71 bits per heavy atom. The predicted molar refractivity (Wildman–Crippen MR) is 60.2 cm³/mol. The van der Waals surface area contributed by atoms with Crippen molar-refractivity contribution < 1.29 is 4.74 Å². The second kappa shape index (κ2) is 5.72. The third kappa shape index (κ3) is 3.25. The molecule has 1 aliphatic rings. The number of rotatable bonds is 4. The second-order valence-electron chi connectivity index (χ2n) is 4.77. The molecule has 14 heavy (non-hydrogen) atoms. The van der Waals surface area contributed by atoms with Gasteiger partial charge in [0, 0.05) is 12.6 Å². The van der Waals surface area contributed by atoms with Crippen molar-refractivity contribution in [1.82, 2.24) is 0 Å². The Morgan fingerprint density at radius 2 is 2.14 bits per heavy atom. The molecule has 0 aliphatic heterocycles. The van der Waals surface area contributed by atoms with E-state index >= 15 is 0 Å². The van der Waals surface area contributed by atoms with E-state index in [9.17, 15) is 0 Å². The molecule has 0 amide bonds. The first-order chi connectivity index (χ1) is 6.65. The molecule has 0 spiro atoms. The fourth-order valence-electron chi connectivity index (χ4n) is 2.59. The summed E-state index contributed by atoms with van der Waals surface area (Å²) < 4.78 is 5.57. The molecule has 84 valence electrons. The summed E-state index contributed by atoms with van der Waals surface area (Å²) in [5.74, 6) is 1.54. The van der Waals surface area contributed by atoms with E-state index in [4.69, 9.17) is 10.5 Å². The second-order valence-corrected chi connectivity index (χ2v) is 4.77. The molecule has 1 aliphatic carbocycles. The van der Waals surface area contributed by atoms with Crippen molar-refractivity contribution in [3.8, 4) is 0 Å². The van der Waals surface area contributed by atoms with Gasteiger partial charge in [-0.1, -0.05) is 19.8 Å². The van der Waals surface area contributed by atoms with E-state index in [0.29, 0.717) is 5.92 Å². The van der Waals surface area contributed by atoms with Gasteiger partial charge in [-0.2, -0.15) is 0 Å². The molecule has 1 fully saturated rings. The molecular formula is C12H25NO. The highest BCUT2D eigenvalue weighted by Crippen LogP contribution is 2.31. The van der Waals surface area contributed by atoms with E-state index in [2.05, 4.69) is 13.8 Å². The highest BCUT2D eigenvalue weighted by molar-refractivity contribution is 4.82. The molecule has 0 aromatic heterocycles. The lowest BCUT2D eigenvalue weighted by molar-refractivity contribution is 0.0327. The highest BCUT2D eigenvalue weighted by atomic mass is 16.5. The Kier molecular flexibility index (Phi) is 4.90. The normalized spacial score (nSPS) is 32.6. The summed E-state index contributed by atoms with van der Waals surface area (Å²) in [7, 11) is 0. The van der Waals surface area contributed by atoms with Crippen LogP contribution in [0.15, 0.2) is 0 Å². The summed E-state index contributed by atoms with van der Waals surface area (Å²) in [6.07, 6.45) is 5.53. The highest BCUT2D eigenvalue weighted by Gasteiger charge is 2.27. The lowest BCUT2D eigenvalue weighted by atomic mass is 9.77. The zero-order valence-corrected chi connectivity index (χ0v) is 9.83. The zero-order chi connectivity index (χ0) is 10.6. The van der Waals surface area contributed by atoms with Gasteiger partial charge in [0.05, 0.1) is 6.10 Å². The zero-order valence-electron chi connectivity index (χ0n) is 9.83. The molecule has 2 nitrogen and oxygen atoms in total. The van der Waals surface area contributed by atoms with Gasteiger partial charge in [-0.15, -0.1) is 0 Å². The lowest BCUT2D eigenvalue weighted by Crippen LogP contribution is -2.42. The van der Waals surface area contributed by atoms with Crippen LogP contribution in [0.1, 0.15) is 46.5 Å². The first-order valence-electron chi connectivity index (χ1n) is 6.02. The number of ether oxygens (including phenoxy) is 1. The van der Waals surface area contributed by atoms with Gasteiger partial charge >= 0.3 is 0 Å². The van der Waals surface area contributed by atoms with Crippen LogP contribution in [0.25, 0.3) is 0 Å². The SMILES string of the molecule is CCOC(C)C(N)C1CCCC(C)C1. The number of hydrogen-bond donors (Lipinski definition) is 1. The summed E-state index contributed by atoms with van der Waals surface area (Å²) in [4.78, 5) is 0. The van der Waals surface area contributed by atoms with Gasteiger partial charge in [0.25, 0.3) is 0 Å². The molecule has 0 aromatic carbocycles. The summed E-state index contributed by atoms with van der Waals surface area (Å²) >= 11 is 0. The Balaban J connectivity index is 2.38. The van der Waals surface area contributed by atoms with E-state index in [-0.39, 0.29) is 12.1 Å². The molecule has 0 radical (unpaired) electrons. The monoisotopic (exact) mass is 199 g/mol. The minimum Gasteiger partial charge on any atom is -0.377 e. The average Bonchev–Trinajstić information content (AvgIpc) is 2.17. The van der Waals surface area contributed by atoms with Crippen LogP contribution < -0.4 is 5.73 Å². The maximum atomic E-state index is 6.22. The van der Waals surface area contributed by atoms with Crippen LogP contribution in [-0.4, -0.2) is 18.8 Å². The Bertz CT molecular complexity index is 160. The molecule has 0 saturated heterocycles. The van der Waals surface area contributed by atoms with E-state index in [1.807, 2.05) is 6.92 Å². The molecule has 1 rings (SSSR count). The minimum atomic E-state index is 0.218. The largest absolute Gasteiger partial charge is 0.377 e. The molecule has 0 bridgehead atoms.